The number of nitrogens with one attached hydrogen (secondary N) is 4. The van der Waals surface area contributed by atoms with Crippen molar-refractivity contribution < 1.29 is 36.0 Å². The first-order valence-electron chi connectivity index (χ1n) is 16.9. The molecule has 1 amide bonds. The number of aliphatic hydroxyl groups excluding tert-OH is 1. The third kappa shape index (κ3) is 10.7. The van der Waals surface area contributed by atoms with E-state index in [9.17, 15) is 26.4 Å². The van der Waals surface area contributed by atoms with Gasteiger partial charge in [0, 0.05) is 55.0 Å². The molecule has 5 aromatic rings. The third-order valence-electron chi connectivity index (χ3n) is 8.22. The summed E-state index contributed by atoms with van der Waals surface area (Å²) in [6.07, 6.45) is 7.75. The fourth-order valence-electron chi connectivity index (χ4n) is 5.99. The molecule has 292 valence electrons. The summed E-state index contributed by atoms with van der Waals surface area (Å²) < 4.78 is 58.6. The van der Waals surface area contributed by atoms with Crippen molar-refractivity contribution in [1.82, 2.24) is 34.4 Å². The average Bonchev–Trinajstić information content (AvgIpc) is 3.86. The van der Waals surface area contributed by atoms with Crippen molar-refractivity contribution in [3.63, 3.8) is 0 Å². The number of carbonyl (C=O) groups is 1. The van der Waals surface area contributed by atoms with E-state index in [1.165, 1.54) is 6.33 Å². The van der Waals surface area contributed by atoms with Gasteiger partial charge < -0.3 is 34.9 Å². The minimum absolute atomic E-state index is 0.0111. The highest BCUT2D eigenvalue weighted by molar-refractivity contribution is 7.92. The fourth-order valence-corrected chi connectivity index (χ4v) is 6.54. The number of benzene rings is 1. The number of anilines is 3. The Hall–Kier alpha value is -5.09. The molecule has 0 unspecified atom stereocenters. The Morgan fingerprint density at radius 2 is 1.76 bits per heavy atom. The number of hydrogen-bond donors (Lipinski definition) is 6. The van der Waals surface area contributed by atoms with Crippen molar-refractivity contribution in [2.45, 2.75) is 45.1 Å². The Balaban J connectivity index is 0.000000211. The Kier molecular flexibility index (Phi) is 12.6. The summed E-state index contributed by atoms with van der Waals surface area (Å²) in [5.74, 6) is 0.838. The molecule has 1 aromatic carbocycles. The number of rotatable bonds is 8. The molecule has 2 aliphatic heterocycles. The van der Waals surface area contributed by atoms with Crippen LogP contribution in [0, 0.1) is 0 Å². The van der Waals surface area contributed by atoms with Crippen molar-refractivity contribution in [3.8, 4) is 0 Å². The molecule has 7 rings (SSSR count). The van der Waals surface area contributed by atoms with E-state index >= 15 is 0 Å². The van der Waals surface area contributed by atoms with Gasteiger partial charge in [0.2, 0.25) is 10.0 Å². The van der Waals surface area contributed by atoms with Crippen molar-refractivity contribution >= 4 is 65.3 Å². The summed E-state index contributed by atoms with van der Waals surface area (Å²) in [4.78, 5) is 46.9. The van der Waals surface area contributed by atoms with E-state index in [0.29, 0.717) is 61.0 Å². The van der Waals surface area contributed by atoms with E-state index in [0.717, 1.165) is 41.5 Å². The van der Waals surface area contributed by atoms with Crippen LogP contribution in [0.2, 0.25) is 0 Å². The molecule has 19 nitrogen and oxygen atoms in total. The van der Waals surface area contributed by atoms with E-state index in [4.69, 9.17) is 14.4 Å². The van der Waals surface area contributed by atoms with Crippen LogP contribution < -0.4 is 20.5 Å². The lowest BCUT2D eigenvalue weighted by molar-refractivity contribution is -0.0207. The monoisotopic (exact) mass is 788 g/mol. The number of pyridine rings is 1. The number of fused-ring (bicyclic) bond motifs is 2. The van der Waals surface area contributed by atoms with Crippen molar-refractivity contribution in [2.75, 3.05) is 60.2 Å². The highest BCUT2D eigenvalue weighted by Crippen LogP contribution is 2.30. The van der Waals surface area contributed by atoms with Crippen LogP contribution in [-0.2, 0) is 24.9 Å². The van der Waals surface area contributed by atoms with Gasteiger partial charge in [-0.2, -0.15) is 8.42 Å². The summed E-state index contributed by atoms with van der Waals surface area (Å²) in [5, 5.41) is 13.2. The number of aromatic nitrogens is 6. The first-order valence-corrected chi connectivity index (χ1v) is 20.7. The lowest BCUT2D eigenvalue weighted by atomic mass is 10.2. The fraction of sp³-hybridized carbons (Fsp3) is 0.424. The molecule has 6 heterocycles. The van der Waals surface area contributed by atoms with Gasteiger partial charge in [-0.3, -0.25) is 23.4 Å². The number of sulfonamides is 1. The Morgan fingerprint density at radius 1 is 1.04 bits per heavy atom. The summed E-state index contributed by atoms with van der Waals surface area (Å²) in [6.45, 7) is 6.76. The molecular formula is C33H44N10O9S2. The van der Waals surface area contributed by atoms with Crippen molar-refractivity contribution in [2.24, 2.45) is 0 Å². The van der Waals surface area contributed by atoms with Crippen LogP contribution in [0.3, 0.4) is 0 Å². The normalized spacial score (nSPS) is 17.5. The molecule has 0 spiro atoms. The van der Waals surface area contributed by atoms with Gasteiger partial charge in [0.05, 0.1) is 43.6 Å². The van der Waals surface area contributed by atoms with E-state index in [1.807, 2.05) is 17.0 Å². The molecule has 6 N–H and O–H groups in total. The second-order valence-corrected chi connectivity index (χ2v) is 16.3. The standard InChI is InChI=1S/C22H28N6O3S.C10H12N4O3.CH4O3S/c1-15(2)24-19-5-4-8-23-21(19)27-9-11-28(12-10-27)22(29)20-14-16-13-17(26-32(3,30)31)6-7-18(16)25-20;15-3-6-1-2-7(17-6)14-5-13-8-9(14)11-4-12-10(8)16;1-5(2,3)4/h4-8,13-15,24-26H,9-12H2,1-3H3;4-7,15H,1-3H2,(H,11,12,16);1H3,(H,2,3,4)/t;6-,7+;/m.0./s1. The Bertz CT molecular complexity index is 2340. The second kappa shape index (κ2) is 16.9. The van der Waals surface area contributed by atoms with E-state index in [-0.39, 0.29) is 30.4 Å². The molecular weight excluding hydrogens is 745 g/mol. The van der Waals surface area contributed by atoms with Gasteiger partial charge in [0.15, 0.2) is 17.0 Å². The molecule has 2 fully saturated rings. The van der Waals surface area contributed by atoms with Crippen LogP contribution in [0.4, 0.5) is 17.2 Å². The van der Waals surface area contributed by atoms with Crippen LogP contribution in [0.1, 0.15) is 43.4 Å². The third-order valence-corrected chi connectivity index (χ3v) is 8.82. The van der Waals surface area contributed by atoms with Crippen LogP contribution >= 0.6 is 0 Å². The van der Waals surface area contributed by atoms with Crippen LogP contribution in [0.15, 0.2) is 60.0 Å². The molecule has 4 aromatic heterocycles. The number of amides is 1. The highest BCUT2D eigenvalue weighted by atomic mass is 32.2. The summed E-state index contributed by atoms with van der Waals surface area (Å²) in [6, 6.07) is 11.2. The number of nitrogens with zero attached hydrogens (tertiary/aromatic N) is 6. The Labute approximate surface area is 311 Å². The minimum atomic E-state index is -3.67. The lowest BCUT2D eigenvalue weighted by Crippen LogP contribution is -2.49. The molecule has 2 aliphatic rings. The average molecular weight is 789 g/mol. The van der Waals surface area contributed by atoms with E-state index in [2.05, 4.69) is 53.7 Å². The van der Waals surface area contributed by atoms with Crippen molar-refractivity contribution in [3.05, 3.63) is 71.3 Å². The predicted octanol–water partition coefficient (Wildman–Crippen LogP) is 2.01. The summed E-state index contributed by atoms with van der Waals surface area (Å²) >= 11 is 0. The van der Waals surface area contributed by atoms with E-state index < -0.39 is 20.1 Å². The largest absolute Gasteiger partial charge is 0.394 e. The summed E-state index contributed by atoms with van der Waals surface area (Å²) in [7, 11) is -7.03. The number of ether oxygens (including phenoxy) is 1. The molecule has 0 aliphatic carbocycles. The van der Waals surface area contributed by atoms with Gasteiger partial charge >= 0.3 is 0 Å². The quantitative estimate of drug-likeness (QED) is 0.123. The topological polar surface area (TPSA) is 258 Å². The van der Waals surface area contributed by atoms with Crippen LogP contribution in [0.5, 0.6) is 0 Å². The zero-order valence-electron chi connectivity index (χ0n) is 30.1. The maximum absolute atomic E-state index is 13.1. The maximum atomic E-state index is 13.1. The van der Waals surface area contributed by atoms with Gasteiger partial charge in [-0.1, -0.05) is 0 Å². The van der Waals surface area contributed by atoms with Gasteiger partial charge in [0.25, 0.3) is 21.6 Å². The van der Waals surface area contributed by atoms with Gasteiger partial charge in [0.1, 0.15) is 11.9 Å². The predicted molar refractivity (Wildman–Crippen MR) is 204 cm³/mol. The molecule has 0 radical (unpaired) electrons. The lowest BCUT2D eigenvalue weighted by Gasteiger charge is -2.36. The maximum Gasteiger partial charge on any atom is 0.278 e. The first kappa shape index (κ1) is 40.1. The molecule has 2 saturated heterocycles. The number of aliphatic hydroxyl groups is 1. The van der Waals surface area contributed by atoms with Crippen LogP contribution in [0.25, 0.3) is 22.1 Å². The van der Waals surface area contributed by atoms with Gasteiger partial charge in [-0.25, -0.2) is 23.4 Å². The molecule has 0 saturated carbocycles. The Morgan fingerprint density at radius 3 is 2.41 bits per heavy atom. The minimum Gasteiger partial charge on any atom is -0.394 e. The van der Waals surface area contributed by atoms with Crippen molar-refractivity contribution in [1.29, 1.82) is 0 Å². The molecule has 2 atom stereocenters. The summed E-state index contributed by atoms with van der Waals surface area (Å²) in [5.41, 5.74) is 3.30. The molecule has 21 heteroatoms. The molecule has 54 heavy (non-hydrogen) atoms. The first-order chi connectivity index (χ1) is 25.5. The second-order valence-electron chi connectivity index (χ2n) is 13.1. The zero-order chi connectivity index (χ0) is 39.2. The molecule has 0 bridgehead atoms. The van der Waals surface area contributed by atoms with E-state index in [1.54, 1.807) is 41.4 Å². The zero-order valence-corrected chi connectivity index (χ0v) is 31.8. The number of imidazole rings is 1. The van der Waals surface area contributed by atoms with Gasteiger partial charge in [-0.15, -0.1) is 0 Å². The van der Waals surface area contributed by atoms with Crippen LogP contribution in [-0.4, -0.2) is 124 Å². The number of piperazine rings is 1. The number of carbonyl (C=O) groups excluding carboxylic acids is 1. The SMILES string of the molecule is CC(C)Nc1cccnc1N1CCN(C(=O)c2cc3cc(NS(C)(=O)=O)ccc3[nH]2)CC1.CS(=O)(=O)O.O=c1[nH]cnc2c1ncn2[C@H]1CC[C@@H](CO)O1. The number of H-pyrrole nitrogens is 2. The highest BCUT2D eigenvalue weighted by Gasteiger charge is 2.28. The van der Waals surface area contributed by atoms with Gasteiger partial charge in [-0.05, 0) is 63.1 Å². The number of hydrogen-bond acceptors (Lipinski definition) is 13. The smallest absolute Gasteiger partial charge is 0.278 e. The number of aromatic amines is 2.